The van der Waals surface area contributed by atoms with Gasteiger partial charge in [-0.25, -0.2) is 9.59 Å². The normalized spacial score (nSPS) is 25.3. The number of rotatable bonds is 6. The van der Waals surface area contributed by atoms with Crippen LogP contribution in [0.3, 0.4) is 0 Å². The predicted octanol–water partition coefficient (Wildman–Crippen LogP) is 3.63. The third-order valence-corrected chi connectivity index (χ3v) is 4.83. The van der Waals surface area contributed by atoms with E-state index in [1.165, 1.54) is 0 Å². The topological polar surface area (TPSA) is 92.7 Å². The number of nitrogens with one attached hydrogen (secondary N) is 1. The minimum atomic E-state index is -1.26. The van der Waals surface area contributed by atoms with Gasteiger partial charge in [-0.2, -0.15) is 0 Å². The highest BCUT2D eigenvalue weighted by Gasteiger charge is 2.37. The lowest BCUT2D eigenvalue weighted by atomic mass is 9.68. The van der Waals surface area contributed by atoms with E-state index in [1.807, 2.05) is 0 Å². The SMILES string of the molecule is CC(C)[C@@H]1CC[C@@H](C)C[C@H]1C(=O)C[C@H](NC(=O)OC(C)(C)C)C(=O)O. The Labute approximate surface area is 150 Å². The minimum absolute atomic E-state index is 0.0753. The molecule has 1 aliphatic rings. The Hall–Kier alpha value is -1.59. The van der Waals surface area contributed by atoms with Gasteiger partial charge < -0.3 is 15.2 Å². The monoisotopic (exact) mass is 355 g/mol. The molecule has 6 heteroatoms. The van der Waals surface area contributed by atoms with Crippen molar-refractivity contribution in [2.24, 2.45) is 23.7 Å². The first-order chi connectivity index (χ1) is 11.4. The van der Waals surface area contributed by atoms with Gasteiger partial charge >= 0.3 is 12.1 Å². The van der Waals surface area contributed by atoms with Crippen LogP contribution in [0.2, 0.25) is 0 Å². The highest BCUT2D eigenvalue weighted by Crippen LogP contribution is 2.39. The van der Waals surface area contributed by atoms with E-state index in [0.29, 0.717) is 11.8 Å². The van der Waals surface area contributed by atoms with Crippen molar-refractivity contribution in [3.8, 4) is 0 Å². The minimum Gasteiger partial charge on any atom is -0.480 e. The first kappa shape index (κ1) is 21.5. The number of hydrogen-bond donors (Lipinski definition) is 2. The highest BCUT2D eigenvalue weighted by molar-refractivity contribution is 5.89. The number of carbonyl (C=O) groups excluding carboxylic acids is 2. The van der Waals surface area contributed by atoms with E-state index in [4.69, 9.17) is 4.74 Å². The van der Waals surface area contributed by atoms with Gasteiger partial charge in [-0.15, -0.1) is 0 Å². The van der Waals surface area contributed by atoms with Gasteiger partial charge in [0.25, 0.3) is 0 Å². The summed E-state index contributed by atoms with van der Waals surface area (Å²) in [6.07, 6.45) is 1.87. The van der Waals surface area contributed by atoms with Crippen LogP contribution in [-0.4, -0.2) is 34.6 Å². The Morgan fingerprint density at radius 1 is 1.20 bits per heavy atom. The van der Waals surface area contributed by atoms with Crippen molar-refractivity contribution in [1.82, 2.24) is 5.32 Å². The van der Waals surface area contributed by atoms with E-state index < -0.39 is 23.7 Å². The van der Waals surface area contributed by atoms with Crippen molar-refractivity contribution >= 4 is 17.8 Å². The molecule has 0 aromatic carbocycles. The third-order valence-electron chi connectivity index (χ3n) is 4.83. The summed E-state index contributed by atoms with van der Waals surface area (Å²) >= 11 is 0. The number of Topliss-reactive ketones (excluding diaryl/α,β-unsaturated/α-hetero) is 1. The number of carbonyl (C=O) groups is 3. The first-order valence-electron chi connectivity index (χ1n) is 9.15. The van der Waals surface area contributed by atoms with Crippen molar-refractivity contribution in [2.45, 2.75) is 78.9 Å². The van der Waals surface area contributed by atoms with Crippen molar-refractivity contribution < 1.29 is 24.2 Å². The molecule has 0 heterocycles. The molecule has 0 aromatic heterocycles. The van der Waals surface area contributed by atoms with E-state index >= 15 is 0 Å². The number of amides is 1. The zero-order valence-electron chi connectivity index (χ0n) is 16.3. The molecule has 0 unspecified atom stereocenters. The summed E-state index contributed by atoms with van der Waals surface area (Å²) in [5, 5.41) is 11.7. The summed E-state index contributed by atoms with van der Waals surface area (Å²) in [5.41, 5.74) is -0.724. The van der Waals surface area contributed by atoms with Crippen LogP contribution >= 0.6 is 0 Å². The molecule has 0 bridgehead atoms. The van der Waals surface area contributed by atoms with Gasteiger partial charge in [0.05, 0.1) is 0 Å². The molecule has 0 radical (unpaired) electrons. The fraction of sp³-hybridized carbons (Fsp3) is 0.842. The van der Waals surface area contributed by atoms with Gasteiger partial charge in [-0.05, 0) is 51.4 Å². The summed E-state index contributed by atoms with van der Waals surface area (Å²) in [5.74, 6) is -0.307. The highest BCUT2D eigenvalue weighted by atomic mass is 16.6. The van der Waals surface area contributed by atoms with Gasteiger partial charge in [0, 0.05) is 12.3 Å². The first-order valence-corrected chi connectivity index (χ1v) is 9.15. The largest absolute Gasteiger partial charge is 0.480 e. The quantitative estimate of drug-likeness (QED) is 0.759. The number of hydrogen-bond acceptors (Lipinski definition) is 4. The summed E-state index contributed by atoms with van der Waals surface area (Å²) < 4.78 is 5.10. The van der Waals surface area contributed by atoms with E-state index in [0.717, 1.165) is 19.3 Å². The van der Waals surface area contributed by atoms with Gasteiger partial charge in [0.2, 0.25) is 0 Å². The molecule has 2 N–H and O–H groups in total. The Kier molecular flexibility index (Phi) is 7.44. The third kappa shape index (κ3) is 7.04. The summed E-state index contributed by atoms with van der Waals surface area (Å²) in [4.78, 5) is 36.1. The lowest BCUT2D eigenvalue weighted by Crippen LogP contribution is -2.46. The van der Waals surface area contributed by atoms with Crippen LogP contribution in [0.4, 0.5) is 4.79 Å². The average molecular weight is 355 g/mol. The van der Waals surface area contributed by atoms with Crippen LogP contribution in [0.1, 0.15) is 67.2 Å². The molecule has 0 spiro atoms. The van der Waals surface area contributed by atoms with E-state index in [9.17, 15) is 19.5 Å². The van der Waals surface area contributed by atoms with E-state index in [1.54, 1.807) is 20.8 Å². The number of carboxylic acid groups (broad SMARTS) is 1. The molecule has 1 fully saturated rings. The second-order valence-electron chi connectivity index (χ2n) is 8.64. The van der Waals surface area contributed by atoms with Crippen molar-refractivity contribution in [2.75, 3.05) is 0 Å². The Bertz CT molecular complexity index is 495. The van der Waals surface area contributed by atoms with Crippen molar-refractivity contribution in [3.05, 3.63) is 0 Å². The maximum Gasteiger partial charge on any atom is 0.408 e. The Morgan fingerprint density at radius 3 is 2.28 bits per heavy atom. The standard InChI is InChI=1S/C19H33NO5/c1-11(2)13-8-7-12(3)9-14(13)16(21)10-15(17(22)23)20-18(24)25-19(4,5)6/h11-15H,7-10H2,1-6H3,(H,20,24)(H,22,23)/t12-,13+,14-,15+/m1/s1. The smallest absolute Gasteiger partial charge is 0.408 e. The van der Waals surface area contributed by atoms with Crippen LogP contribution in [-0.2, 0) is 14.3 Å². The molecule has 4 atom stereocenters. The maximum absolute atomic E-state index is 12.8. The molecule has 0 saturated heterocycles. The molecule has 144 valence electrons. The second-order valence-corrected chi connectivity index (χ2v) is 8.64. The molecule has 1 rings (SSSR count). The number of aliphatic carboxylic acids is 1. The predicted molar refractivity (Wildman–Crippen MR) is 95.3 cm³/mol. The Balaban J connectivity index is 2.77. The van der Waals surface area contributed by atoms with Gasteiger partial charge in [-0.1, -0.05) is 27.2 Å². The average Bonchev–Trinajstić information content (AvgIpc) is 2.43. The molecule has 0 aromatic rings. The zero-order valence-corrected chi connectivity index (χ0v) is 16.3. The van der Waals surface area contributed by atoms with Gasteiger partial charge in [-0.3, -0.25) is 4.79 Å². The van der Waals surface area contributed by atoms with Gasteiger partial charge in [0.15, 0.2) is 0 Å². The zero-order chi connectivity index (χ0) is 19.4. The van der Waals surface area contributed by atoms with E-state index in [2.05, 4.69) is 26.1 Å². The van der Waals surface area contributed by atoms with Crippen molar-refractivity contribution in [3.63, 3.8) is 0 Å². The lowest BCUT2D eigenvalue weighted by Gasteiger charge is -2.36. The van der Waals surface area contributed by atoms with Crippen molar-refractivity contribution in [1.29, 1.82) is 0 Å². The Morgan fingerprint density at radius 2 is 1.80 bits per heavy atom. The molecular weight excluding hydrogens is 322 g/mol. The molecule has 25 heavy (non-hydrogen) atoms. The van der Waals surface area contributed by atoms with Crippen LogP contribution in [0.15, 0.2) is 0 Å². The number of ether oxygens (including phenoxy) is 1. The summed E-state index contributed by atoms with van der Waals surface area (Å²) in [7, 11) is 0. The summed E-state index contributed by atoms with van der Waals surface area (Å²) in [6, 6.07) is -1.26. The fourth-order valence-corrected chi connectivity index (χ4v) is 3.57. The summed E-state index contributed by atoms with van der Waals surface area (Å²) in [6.45, 7) is 11.4. The lowest BCUT2D eigenvalue weighted by molar-refractivity contribution is -0.142. The molecule has 6 nitrogen and oxygen atoms in total. The molecule has 1 amide bonds. The number of ketones is 1. The molecule has 1 saturated carbocycles. The molecule has 1 aliphatic carbocycles. The second kappa shape index (κ2) is 8.68. The molecule has 0 aliphatic heterocycles. The number of carboxylic acids is 1. The van der Waals surface area contributed by atoms with Crippen LogP contribution in [0, 0.1) is 23.7 Å². The van der Waals surface area contributed by atoms with Crippen LogP contribution in [0.5, 0.6) is 0 Å². The number of alkyl carbamates (subject to hydrolysis) is 1. The van der Waals surface area contributed by atoms with Crippen LogP contribution < -0.4 is 5.32 Å². The van der Waals surface area contributed by atoms with Gasteiger partial charge in [0.1, 0.15) is 17.4 Å². The molecular formula is C19H33NO5. The van der Waals surface area contributed by atoms with Crippen LogP contribution in [0.25, 0.3) is 0 Å². The van der Waals surface area contributed by atoms with E-state index in [-0.39, 0.29) is 24.0 Å². The fourth-order valence-electron chi connectivity index (χ4n) is 3.57. The maximum atomic E-state index is 12.8.